The maximum Gasteiger partial charge on any atom is 0.328 e. The molecule has 0 aliphatic carbocycles. The molecule has 0 atom stereocenters. The van der Waals surface area contributed by atoms with Crippen LogP contribution >= 0.6 is 0 Å². The van der Waals surface area contributed by atoms with E-state index in [1.54, 1.807) is 20.3 Å². The van der Waals surface area contributed by atoms with Gasteiger partial charge in [-0.2, -0.15) is 0 Å². The Hall–Kier alpha value is -2.23. The first-order valence-electron chi connectivity index (χ1n) is 5.94. The Morgan fingerprint density at radius 3 is 2.42 bits per heavy atom. The minimum absolute atomic E-state index is 0.647. The van der Waals surface area contributed by atoms with Crippen molar-refractivity contribution in [3.8, 4) is 11.5 Å². The quantitative estimate of drug-likeness (QED) is 0.632. The molecule has 0 radical (unpaired) electrons. The third kappa shape index (κ3) is 4.50. The summed E-state index contributed by atoms with van der Waals surface area (Å²) in [5.41, 5.74) is 1.86. The number of benzene rings is 1. The summed E-state index contributed by atoms with van der Waals surface area (Å²) in [5, 5.41) is 8.62. The Kier molecular flexibility index (Phi) is 5.67. The number of carboxylic acid groups (broad SMARTS) is 1. The summed E-state index contributed by atoms with van der Waals surface area (Å²) in [6, 6.07) is 5.56. The molecule has 1 aromatic carbocycles. The van der Waals surface area contributed by atoms with Crippen LogP contribution in [0.3, 0.4) is 0 Å². The summed E-state index contributed by atoms with van der Waals surface area (Å²) in [4.78, 5) is 10.5. The Morgan fingerprint density at radius 2 is 1.89 bits per heavy atom. The van der Waals surface area contributed by atoms with E-state index in [9.17, 15) is 4.79 Å². The highest BCUT2D eigenvalue weighted by atomic mass is 16.5. The first-order valence-corrected chi connectivity index (χ1v) is 5.94. The molecule has 102 valence electrons. The zero-order valence-electron chi connectivity index (χ0n) is 11.3. The van der Waals surface area contributed by atoms with Crippen LogP contribution in [0.4, 0.5) is 0 Å². The second-order valence-electron chi connectivity index (χ2n) is 3.86. The fraction of sp³-hybridized carbons (Fsp3) is 0.267. The lowest BCUT2D eigenvalue weighted by molar-refractivity contribution is -0.131. The van der Waals surface area contributed by atoms with Crippen molar-refractivity contribution >= 4 is 12.0 Å². The van der Waals surface area contributed by atoms with Crippen molar-refractivity contribution in [2.24, 2.45) is 0 Å². The number of rotatable bonds is 6. The minimum atomic E-state index is -0.952. The van der Waals surface area contributed by atoms with Gasteiger partial charge in [-0.05, 0) is 29.7 Å². The molecule has 4 heteroatoms. The topological polar surface area (TPSA) is 55.8 Å². The Morgan fingerprint density at radius 1 is 1.21 bits per heavy atom. The number of hydrogen-bond donors (Lipinski definition) is 1. The van der Waals surface area contributed by atoms with Crippen LogP contribution in [-0.4, -0.2) is 25.3 Å². The van der Waals surface area contributed by atoms with Gasteiger partial charge in [0.2, 0.25) is 0 Å². The van der Waals surface area contributed by atoms with Gasteiger partial charge in [-0.1, -0.05) is 25.1 Å². The molecule has 1 aromatic rings. The van der Waals surface area contributed by atoms with Crippen molar-refractivity contribution < 1.29 is 19.4 Å². The maximum absolute atomic E-state index is 10.5. The van der Waals surface area contributed by atoms with Crippen molar-refractivity contribution in [3.63, 3.8) is 0 Å². The number of allylic oxidation sites excluding steroid dienone is 2. The first kappa shape index (κ1) is 14.8. The molecule has 1 rings (SSSR count). The summed E-state index contributed by atoms with van der Waals surface area (Å²) in [5.74, 6) is 0.361. The number of carbonyl (C=O) groups is 1. The summed E-state index contributed by atoms with van der Waals surface area (Å²) in [6.07, 6.45) is 5.40. The lowest BCUT2D eigenvalue weighted by atomic mass is 10.1. The first-order chi connectivity index (χ1) is 9.10. The standard InChI is InChI=1S/C15H18O4/c1-4-11(6-8-15(16)17)9-12-5-7-13(18-2)14(10-12)19-3/h5-10H,4H2,1-3H3,(H,16,17). The summed E-state index contributed by atoms with van der Waals surface area (Å²) < 4.78 is 10.4. The maximum atomic E-state index is 10.5. The summed E-state index contributed by atoms with van der Waals surface area (Å²) in [6.45, 7) is 1.97. The van der Waals surface area contributed by atoms with E-state index in [4.69, 9.17) is 14.6 Å². The van der Waals surface area contributed by atoms with E-state index >= 15 is 0 Å². The van der Waals surface area contributed by atoms with E-state index in [1.807, 2.05) is 31.2 Å². The molecule has 0 aliphatic heterocycles. The van der Waals surface area contributed by atoms with Gasteiger partial charge in [0.1, 0.15) is 0 Å². The molecule has 0 aromatic heterocycles. The molecular formula is C15H18O4. The molecule has 0 heterocycles. The largest absolute Gasteiger partial charge is 0.493 e. The zero-order chi connectivity index (χ0) is 14.3. The zero-order valence-corrected chi connectivity index (χ0v) is 11.3. The number of ether oxygens (including phenoxy) is 2. The predicted molar refractivity (Wildman–Crippen MR) is 74.6 cm³/mol. The van der Waals surface area contributed by atoms with Gasteiger partial charge in [0.25, 0.3) is 0 Å². The molecule has 0 spiro atoms. The number of methoxy groups -OCH3 is 2. The number of hydrogen-bond acceptors (Lipinski definition) is 3. The van der Waals surface area contributed by atoms with Crippen LogP contribution in [0.2, 0.25) is 0 Å². The van der Waals surface area contributed by atoms with Crippen molar-refractivity contribution in [1.29, 1.82) is 0 Å². The second-order valence-corrected chi connectivity index (χ2v) is 3.86. The Bertz CT molecular complexity index is 501. The summed E-state index contributed by atoms with van der Waals surface area (Å²) >= 11 is 0. The Labute approximate surface area is 113 Å². The van der Waals surface area contributed by atoms with Gasteiger partial charge >= 0.3 is 5.97 Å². The van der Waals surface area contributed by atoms with E-state index in [2.05, 4.69) is 0 Å². The van der Waals surface area contributed by atoms with Crippen LogP contribution < -0.4 is 9.47 Å². The molecule has 0 aliphatic rings. The SMILES string of the molecule is CCC(C=CC(=O)O)=Cc1ccc(OC)c(OC)c1. The second kappa shape index (κ2) is 7.26. The summed E-state index contributed by atoms with van der Waals surface area (Å²) in [7, 11) is 3.16. The lowest BCUT2D eigenvalue weighted by Gasteiger charge is -2.08. The molecule has 1 N–H and O–H groups in total. The van der Waals surface area contributed by atoms with Crippen LogP contribution in [0.1, 0.15) is 18.9 Å². The van der Waals surface area contributed by atoms with E-state index < -0.39 is 5.97 Å². The van der Waals surface area contributed by atoms with Crippen LogP contribution in [-0.2, 0) is 4.79 Å². The fourth-order valence-electron chi connectivity index (χ4n) is 1.60. The van der Waals surface area contributed by atoms with Crippen LogP contribution in [0.15, 0.2) is 35.9 Å². The van der Waals surface area contributed by atoms with E-state index in [-0.39, 0.29) is 0 Å². The normalized spacial score (nSPS) is 11.6. The molecule has 0 saturated heterocycles. The monoisotopic (exact) mass is 262 g/mol. The van der Waals surface area contributed by atoms with Gasteiger partial charge in [-0.15, -0.1) is 0 Å². The van der Waals surface area contributed by atoms with Gasteiger partial charge in [0.15, 0.2) is 11.5 Å². The average molecular weight is 262 g/mol. The van der Waals surface area contributed by atoms with E-state index in [1.165, 1.54) is 0 Å². The average Bonchev–Trinajstić information content (AvgIpc) is 2.42. The van der Waals surface area contributed by atoms with E-state index in [0.29, 0.717) is 11.5 Å². The molecule has 0 saturated carbocycles. The molecule has 19 heavy (non-hydrogen) atoms. The lowest BCUT2D eigenvalue weighted by Crippen LogP contribution is -1.91. The van der Waals surface area contributed by atoms with Crippen molar-refractivity contribution in [3.05, 3.63) is 41.5 Å². The van der Waals surface area contributed by atoms with Gasteiger partial charge in [0, 0.05) is 6.08 Å². The van der Waals surface area contributed by atoms with Gasteiger partial charge in [0.05, 0.1) is 14.2 Å². The molecule has 0 fully saturated rings. The molecule has 0 bridgehead atoms. The molecule has 4 nitrogen and oxygen atoms in total. The van der Waals surface area contributed by atoms with Crippen molar-refractivity contribution in [1.82, 2.24) is 0 Å². The minimum Gasteiger partial charge on any atom is -0.493 e. The molecular weight excluding hydrogens is 244 g/mol. The highest BCUT2D eigenvalue weighted by Crippen LogP contribution is 2.28. The van der Waals surface area contributed by atoms with Crippen LogP contribution in [0.5, 0.6) is 11.5 Å². The third-order valence-electron chi connectivity index (χ3n) is 2.61. The van der Waals surface area contributed by atoms with Gasteiger partial charge < -0.3 is 14.6 Å². The fourth-order valence-corrected chi connectivity index (χ4v) is 1.60. The van der Waals surface area contributed by atoms with Crippen molar-refractivity contribution in [2.75, 3.05) is 14.2 Å². The third-order valence-corrected chi connectivity index (χ3v) is 2.61. The van der Waals surface area contributed by atoms with Gasteiger partial charge in [-0.25, -0.2) is 4.79 Å². The number of carboxylic acids is 1. The number of aliphatic carboxylic acids is 1. The van der Waals surface area contributed by atoms with Crippen LogP contribution in [0, 0.1) is 0 Å². The van der Waals surface area contributed by atoms with E-state index in [0.717, 1.165) is 23.6 Å². The molecule has 0 amide bonds. The molecule has 0 unspecified atom stereocenters. The van der Waals surface area contributed by atoms with Crippen molar-refractivity contribution in [2.45, 2.75) is 13.3 Å². The highest BCUT2D eigenvalue weighted by molar-refractivity contribution is 5.80. The Balaban J connectivity index is 3.05. The van der Waals surface area contributed by atoms with Crippen LogP contribution in [0.25, 0.3) is 6.08 Å². The van der Waals surface area contributed by atoms with Gasteiger partial charge in [-0.3, -0.25) is 0 Å². The predicted octanol–water partition coefficient (Wildman–Crippen LogP) is 3.14. The highest BCUT2D eigenvalue weighted by Gasteiger charge is 2.03. The smallest absolute Gasteiger partial charge is 0.328 e.